The number of hydrogen-bond donors (Lipinski definition) is 1. The predicted octanol–water partition coefficient (Wildman–Crippen LogP) is 3.20. The predicted molar refractivity (Wildman–Crippen MR) is 87.4 cm³/mol. The molecule has 6 heteroatoms. The van der Waals surface area contributed by atoms with Gasteiger partial charge < -0.3 is 14.7 Å². The number of rotatable bonds is 6. The van der Waals surface area contributed by atoms with E-state index in [1.807, 2.05) is 24.3 Å². The van der Waals surface area contributed by atoms with E-state index >= 15 is 0 Å². The number of phenols is 1. The molecule has 0 aliphatic carbocycles. The quantitative estimate of drug-likeness (QED) is 0.383. The van der Waals surface area contributed by atoms with E-state index in [-0.39, 0.29) is 18.1 Å². The Labute approximate surface area is 132 Å². The summed E-state index contributed by atoms with van der Waals surface area (Å²) in [7, 11) is 2.79. The Kier molecular flexibility index (Phi) is 5.66. The van der Waals surface area contributed by atoms with Crippen molar-refractivity contribution in [2.45, 2.75) is 11.3 Å². The van der Waals surface area contributed by atoms with Crippen LogP contribution < -0.4 is 0 Å². The molecule has 0 radical (unpaired) electrons. The number of aromatic hydroxyl groups is 1. The van der Waals surface area contributed by atoms with Gasteiger partial charge >= 0.3 is 5.97 Å². The van der Waals surface area contributed by atoms with Crippen molar-refractivity contribution in [1.29, 1.82) is 0 Å². The van der Waals surface area contributed by atoms with Gasteiger partial charge in [0.05, 0.1) is 19.2 Å². The summed E-state index contributed by atoms with van der Waals surface area (Å²) in [5.41, 5.74) is 0.616. The van der Waals surface area contributed by atoms with E-state index in [1.54, 1.807) is 23.9 Å². The van der Waals surface area contributed by atoms with Crippen molar-refractivity contribution in [2.75, 3.05) is 20.0 Å². The lowest BCUT2D eigenvalue weighted by Crippen LogP contribution is -2.12. The first kappa shape index (κ1) is 16.2. The SMILES string of the molecule is CO/N=C(/CSc1ccc2cc(O)ccc2c1)CC(=O)OC. The Bertz CT molecular complexity index is 700. The fourth-order valence-corrected chi connectivity index (χ4v) is 2.81. The lowest BCUT2D eigenvalue weighted by Gasteiger charge is -2.06. The fraction of sp³-hybridized carbons (Fsp3) is 0.250. The van der Waals surface area contributed by atoms with E-state index in [0.717, 1.165) is 15.7 Å². The van der Waals surface area contributed by atoms with Gasteiger partial charge in [-0.15, -0.1) is 11.8 Å². The molecule has 0 bridgehead atoms. The molecule has 5 nitrogen and oxygen atoms in total. The van der Waals surface area contributed by atoms with E-state index < -0.39 is 0 Å². The average molecular weight is 319 g/mol. The molecule has 0 heterocycles. The lowest BCUT2D eigenvalue weighted by molar-refractivity contribution is -0.139. The molecule has 0 amide bonds. The summed E-state index contributed by atoms with van der Waals surface area (Å²) in [6.07, 6.45) is 0.110. The van der Waals surface area contributed by atoms with Gasteiger partial charge in [-0.05, 0) is 35.0 Å². The van der Waals surface area contributed by atoms with Crippen LogP contribution in [0.15, 0.2) is 46.4 Å². The summed E-state index contributed by atoms with van der Waals surface area (Å²) in [5, 5.41) is 15.3. The summed E-state index contributed by atoms with van der Waals surface area (Å²) in [5.74, 6) is 0.442. The van der Waals surface area contributed by atoms with Crippen molar-refractivity contribution in [3.8, 4) is 5.75 Å². The van der Waals surface area contributed by atoms with E-state index in [1.165, 1.54) is 14.2 Å². The maximum atomic E-state index is 11.3. The second kappa shape index (κ2) is 7.70. The first-order valence-electron chi connectivity index (χ1n) is 6.63. The van der Waals surface area contributed by atoms with Crippen LogP contribution in [0.5, 0.6) is 5.75 Å². The van der Waals surface area contributed by atoms with Crippen LogP contribution in [-0.2, 0) is 14.4 Å². The highest BCUT2D eigenvalue weighted by atomic mass is 32.2. The number of thioether (sulfide) groups is 1. The molecule has 2 rings (SSSR count). The molecule has 116 valence electrons. The summed E-state index contributed by atoms with van der Waals surface area (Å²) in [4.78, 5) is 17.1. The van der Waals surface area contributed by atoms with Crippen molar-refractivity contribution < 1.29 is 19.5 Å². The summed E-state index contributed by atoms with van der Waals surface area (Å²) < 4.78 is 4.64. The van der Waals surface area contributed by atoms with Gasteiger partial charge in [-0.3, -0.25) is 4.79 Å². The van der Waals surface area contributed by atoms with Gasteiger partial charge in [0.2, 0.25) is 0 Å². The minimum absolute atomic E-state index is 0.110. The van der Waals surface area contributed by atoms with E-state index in [4.69, 9.17) is 4.84 Å². The minimum atomic E-state index is -0.342. The summed E-state index contributed by atoms with van der Waals surface area (Å²) in [6.45, 7) is 0. The van der Waals surface area contributed by atoms with Crippen LogP contribution >= 0.6 is 11.8 Å². The molecule has 0 fully saturated rings. The Morgan fingerprint density at radius 1 is 1.18 bits per heavy atom. The Hall–Kier alpha value is -2.21. The molecular weight excluding hydrogens is 302 g/mol. The van der Waals surface area contributed by atoms with E-state index in [2.05, 4.69) is 9.89 Å². The van der Waals surface area contributed by atoms with Gasteiger partial charge in [-0.25, -0.2) is 0 Å². The summed E-state index contributed by atoms with van der Waals surface area (Å²) in [6, 6.07) is 11.2. The van der Waals surface area contributed by atoms with Crippen LogP contribution in [0.4, 0.5) is 0 Å². The number of nitrogens with zero attached hydrogens (tertiary/aromatic N) is 1. The Morgan fingerprint density at radius 2 is 1.91 bits per heavy atom. The zero-order valence-corrected chi connectivity index (χ0v) is 13.2. The number of esters is 1. The molecule has 0 aliphatic rings. The third kappa shape index (κ3) is 4.39. The number of benzene rings is 2. The maximum absolute atomic E-state index is 11.3. The first-order chi connectivity index (χ1) is 10.6. The van der Waals surface area contributed by atoms with Crippen LogP contribution in [0, 0.1) is 0 Å². The third-order valence-corrected chi connectivity index (χ3v) is 4.06. The van der Waals surface area contributed by atoms with Crippen LogP contribution in [0.1, 0.15) is 6.42 Å². The monoisotopic (exact) mass is 319 g/mol. The Morgan fingerprint density at radius 3 is 2.64 bits per heavy atom. The molecule has 1 N–H and O–H groups in total. The van der Waals surface area contributed by atoms with Crippen LogP contribution in [-0.4, -0.2) is 36.8 Å². The molecule has 0 aromatic heterocycles. The second-order valence-corrected chi connectivity index (χ2v) is 5.62. The molecular formula is C16H17NO4S. The van der Waals surface area contributed by atoms with Crippen LogP contribution in [0.25, 0.3) is 10.8 Å². The maximum Gasteiger partial charge on any atom is 0.311 e. The molecule has 0 atom stereocenters. The molecule has 22 heavy (non-hydrogen) atoms. The highest BCUT2D eigenvalue weighted by Gasteiger charge is 2.09. The standard InChI is InChI=1S/C16H17NO4S/c1-20-16(19)9-13(17-21-2)10-22-15-6-4-11-7-14(18)5-3-12(11)8-15/h3-8,18H,9-10H2,1-2H3/b17-13+. The highest BCUT2D eigenvalue weighted by molar-refractivity contribution is 8.00. The van der Waals surface area contributed by atoms with Gasteiger partial charge in [0, 0.05) is 10.6 Å². The summed E-state index contributed by atoms with van der Waals surface area (Å²) >= 11 is 1.56. The molecule has 2 aromatic carbocycles. The van der Waals surface area contributed by atoms with E-state index in [0.29, 0.717) is 11.5 Å². The number of oxime groups is 1. The van der Waals surface area contributed by atoms with Gasteiger partial charge in [-0.2, -0.15) is 0 Å². The molecule has 0 unspecified atom stereocenters. The average Bonchev–Trinajstić information content (AvgIpc) is 2.52. The van der Waals surface area contributed by atoms with Gasteiger partial charge in [0.15, 0.2) is 0 Å². The largest absolute Gasteiger partial charge is 0.508 e. The molecule has 0 saturated carbocycles. The van der Waals surface area contributed by atoms with Crippen molar-refractivity contribution in [1.82, 2.24) is 0 Å². The minimum Gasteiger partial charge on any atom is -0.508 e. The molecule has 0 spiro atoms. The lowest BCUT2D eigenvalue weighted by atomic mass is 10.1. The van der Waals surface area contributed by atoms with Gasteiger partial charge in [-0.1, -0.05) is 17.3 Å². The smallest absolute Gasteiger partial charge is 0.311 e. The van der Waals surface area contributed by atoms with Gasteiger partial charge in [0.1, 0.15) is 12.9 Å². The first-order valence-corrected chi connectivity index (χ1v) is 7.62. The number of methoxy groups -OCH3 is 1. The zero-order valence-electron chi connectivity index (χ0n) is 12.4. The molecule has 2 aromatic rings. The number of carbonyl (C=O) groups excluding carboxylic acids is 1. The van der Waals surface area contributed by atoms with Crippen molar-refractivity contribution in [3.05, 3.63) is 36.4 Å². The van der Waals surface area contributed by atoms with Gasteiger partial charge in [0.25, 0.3) is 0 Å². The number of ether oxygens (including phenoxy) is 1. The number of carbonyl (C=O) groups is 1. The van der Waals surface area contributed by atoms with Crippen LogP contribution in [0.2, 0.25) is 0 Å². The molecule has 0 saturated heterocycles. The Balaban J connectivity index is 2.07. The zero-order chi connectivity index (χ0) is 15.9. The fourth-order valence-electron chi connectivity index (χ4n) is 1.95. The van der Waals surface area contributed by atoms with Crippen LogP contribution in [0.3, 0.4) is 0 Å². The number of fused-ring (bicyclic) bond motifs is 1. The normalized spacial score (nSPS) is 11.5. The topological polar surface area (TPSA) is 68.1 Å². The van der Waals surface area contributed by atoms with Crippen molar-refractivity contribution in [2.24, 2.45) is 5.16 Å². The number of phenolic OH excluding ortho intramolecular Hbond substituents is 1. The van der Waals surface area contributed by atoms with E-state index in [9.17, 15) is 9.90 Å². The van der Waals surface area contributed by atoms with Crippen molar-refractivity contribution in [3.63, 3.8) is 0 Å². The van der Waals surface area contributed by atoms with Crippen molar-refractivity contribution >= 4 is 34.2 Å². The molecule has 0 aliphatic heterocycles. The highest BCUT2D eigenvalue weighted by Crippen LogP contribution is 2.26. The second-order valence-electron chi connectivity index (χ2n) is 4.57. The third-order valence-electron chi connectivity index (χ3n) is 3.00. The number of hydrogen-bond acceptors (Lipinski definition) is 6.